The van der Waals surface area contributed by atoms with Crippen LogP contribution in [0.2, 0.25) is 0 Å². The van der Waals surface area contributed by atoms with E-state index in [4.69, 9.17) is 4.74 Å². The zero-order chi connectivity index (χ0) is 18.5. The van der Waals surface area contributed by atoms with E-state index in [0.717, 1.165) is 25.1 Å². The van der Waals surface area contributed by atoms with Crippen molar-refractivity contribution in [2.75, 3.05) is 23.8 Å². The molecule has 1 amide bonds. The topological polar surface area (TPSA) is 79.5 Å². The van der Waals surface area contributed by atoms with E-state index in [2.05, 4.69) is 16.0 Å². The van der Waals surface area contributed by atoms with Crippen molar-refractivity contribution in [2.45, 2.75) is 58.0 Å². The molecule has 2 bridgehead atoms. The molecule has 142 valence electrons. The van der Waals surface area contributed by atoms with Gasteiger partial charge in [0, 0.05) is 25.0 Å². The second kappa shape index (κ2) is 8.54. The van der Waals surface area contributed by atoms with Gasteiger partial charge in [-0.05, 0) is 63.6 Å². The van der Waals surface area contributed by atoms with E-state index in [1.54, 1.807) is 19.1 Å². The molecule has 3 N–H and O–H groups in total. The van der Waals surface area contributed by atoms with Gasteiger partial charge in [0.25, 0.3) is 0 Å². The van der Waals surface area contributed by atoms with Gasteiger partial charge in [-0.2, -0.15) is 0 Å². The Morgan fingerprint density at radius 1 is 1.15 bits per heavy atom. The second-order valence-corrected chi connectivity index (χ2v) is 7.24. The molecule has 2 heterocycles. The molecule has 0 aliphatic carbocycles. The Labute approximate surface area is 155 Å². The highest BCUT2D eigenvalue weighted by atomic mass is 16.5. The average Bonchev–Trinajstić information content (AvgIpc) is 2.95. The first-order chi connectivity index (χ1) is 12.6. The van der Waals surface area contributed by atoms with Crippen LogP contribution >= 0.6 is 0 Å². The van der Waals surface area contributed by atoms with Crippen LogP contribution in [0.5, 0.6) is 0 Å². The maximum absolute atomic E-state index is 12.6. The number of hydrogen-bond donors (Lipinski definition) is 3. The van der Waals surface area contributed by atoms with E-state index in [0.29, 0.717) is 42.3 Å². The smallest absolute Gasteiger partial charge is 0.338 e. The second-order valence-electron chi connectivity index (χ2n) is 7.24. The molecule has 0 radical (unpaired) electrons. The number of nitrogens with one attached hydrogen (secondary N) is 3. The SMILES string of the molecule is CCNc1ccc(C(=O)OCC)cc1NC(=O)CC1CC2CCC(C1)N2. The molecule has 2 aliphatic rings. The molecule has 2 unspecified atom stereocenters. The van der Waals surface area contributed by atoms with Crippen LogP contribution < -0.4 is 16.0 Å². The lowest BCUT2D eigenvalue weighted by Crippen LogP contribution is -2.39. The van der Waals surface area contributed by atoms with Crippen molar-refractivity contribution in [1.29, 1.82) is 0 Å². The van der Waals surface area contributed by atoms with Gasteiger partial charge in [-0.1, -0.05) is 0 Å². The molecule has 0 spiro atoms. The number of rotatable bonds is 7. The van der Waals surface area contributed by atoms with Crippen molar-refractivity contribution in [1.82, 2.24) is 5.32 Å². The summed E-state index contributed by atoms with van der Waals surface area (Å²) in [5, 5.41) is 9.84. The van der Waals surface area contributed by atoms with Gasteiger partial charge in [0.05, 0.1) is 23.5 Å². The molecule has 26 heavy (non-hydrogen) atoms. The Morgan fingerprint density at radius 2 is 1.88 bits per heavy atom. The highest BCUT2D eigenvalue weighted by Crippen LogP contribution is 2.33. The van der Waals surface area contributed by atoms with E-state index >= 15 is 0 Å². The number of ether oxygens (including phenoxy) is 1. The van der Waals surface area contributed by atoms with Crippen LogP contribution in [0.4, 0.5) is 11.4 Å². The number of anilines is 2. The fourth-order valence-corrected chi connectivity index (χ4v) is 4.14. The van der Waals surface area contributed by atoms with Gasteiger partial charge in [0.2, 0.25) is 5.91 Å². The molecule has 6 nitrogen and oxygen atoms in total. The van der Waals surface area contributed by atoms with Gasteiger partial charge in [-0.25, -0.2) is 4.79 Å². The van der Waals surface area contributed by atoms with Gasteiger partial charge >= 0.3 is 5.97 Å². The summed E-state index contributed by atoms with van der Waals surface area (Å²) < 4.78 is 5.06. The Hall–Kier alpha value is -2.08. The van der Waals surface area contributed by atoms with E-state index in [9.17, 15) is 9.59 Å². The molecule has 0 aromatic heterocycles. The van der Waals surface area contributed by atoms with Crippen LogP contribution in [-0.2, 0) is 9.53 Å². The van der Waals surface area contributed by atoms with E-state index in [1.807, 2.05) is 13.0 Å². The first-order valence-corrected chi connectivity index (χ1v) is 9.70. The molecule has 1 aromatic carbocycles. The van der Waals surface area contributed by atoms with Crippen LogP contribution in [0.3, 0.4) is 0 Å². The molecular formula is C20H29N3O3. The molecule has 2 saturated heterocycles. The predicted octanol–water partition coefficient (Wildman–Crippen LogP) is 3.15. The summed E-state index contributed by atoms with van der Waals surface area (Å²) in [6.45, 7) is 4.84. The molecular weight excluding hydrogens is 330 g/mol. The summed E-state index contributed by atoms with van der Waals surface area (Å²) in [7, 11) is 0. The fraction of sp³-hybridized carbons (Fsp3) is 0.600. The lowest BCUT2D eigenvalue weighted by molar-refractivity contribution is -0.117. The van der Waals surface area contributed by atoms with Crippen LogP contribution in [0.15, 0.2) is 18.2 Å². The zero-order valence-corrected chi connectivity index (χ0v) is 15.6. The third kappa shape index (κ3) is 4.55. The summed E-state index contributed by atoms with van der Waals surface area (Å²) in [6, 6.07) is 6.39. The predicted molar refractivity (Wildman–Crippen MR) is 102 cm³/mol. The van der Waals surface area contributed by atoms with Gasteiger partial charge in [-0.3, -0.25) is 4.79 Å². The summed E-state index contributed by atoms with van der Waals surface area (Å²) in [5.41, 5.74) is 1.90. The largest absolute Gasteiger partial charge is 0.462 e. The van der Waals surface area contributed by atoms with Crippen LogP contribution in [0.1, 0.15) is 56.3 Å². The van der Waals surface area contributed by atoms with Crippen LogP contribution in [0.25, 0.3) is 0 Å². The third-order valence-corrected chi connectivity index (χ3v) is 5.22. The van der Waals surface area contributed by atoms with Crippen molar-refractivity contribution >= 4 is 23.3 Å². The lowest BCUT2D eigenvalue weighted by Gasteiger charge is -2.28. The van der Waals surface area contributed by atoms with Gasteiger partial charge in [0.1, 0.15) is 0 Å². The summed E-state index contributed by atoms with van der Waals surface area (Å²) in [5.74, 6) is 0.0713. The van der Waals surface area contributed by atoms with Crippen molar-refractivity contribution in [3.63, 3.8) is 0 Å². The number of benzene rings is 1. The molecule has 2 atom stereocenters. The number of carbonyl (C=O) groups excluding carboxylic acids is 2. The summed E-state index contributed by atoms with van der Waals surface area (Å²) in [6.07, 6.45) is 5.15. The number of carbonyl (C=O) groups is 2. The number of esters is 1. The van der Waals surface area contributed by atoms with Gasteiger partial charge < -0.3 is 20.7 Å². The van der Waals surface area contributed by atoms with Gasteiger partial charge in [0.15, 0.2) is 0 Å². The molecule has 6 heteroatoms. The summed E-state index contributed by atoms with van der Waals surface area (Å²) in [4.78, 5) is 24.6. The lowest BCUT2D eigenvalue weighted by atomic mass is 9.89. The zero-order valence-electron chi connectivity index (χ0n) is 15.6. The maximum atomic E-state index is 12.6. The van der Waals surface area contributed by atoms with Crippen LogP contribution in [-0.4, -0.2) is 37.1 Å². The first kappa shape index (κ1) is 18.7. The highest BCUT2D eigenvalue weighted by Gasteiger charge is 2.34. The standard InChI is InChI=1S/C20H29N3O3/c1-3-21-17-8-5-14(20(25)26-4-2)12-18(17)23-19(24)11-13-9-15-6-7-16(10-13)22-15/h5,8,12-13,15-16,21-22H,3-4,6-7,9-11H2,1-2H3,(H,23,24). The number of piperidine rings is 1. The Morgan fingerprint density at radius 3 is 2.54 bits per heavy atom. The van der Waals surface area contributed by atoms with Crippen molar-refractivity contribution in [3.8, 4) is 0 Å². The fourth-order valence-electron chi connectivity index (χ4n) is 4.14. The minimum atomic E-state index is -0.374. The van der Waals surface area contributed by atoms with E-state index in [-0.39, 0.29) is 11.9 Å². The van der Waals surface area contributed by atoms with Crippen molar-refractivity contribution in [2.24, 2.45) is 5.92 Å². The van der Waals surface area contributed by atoms with E-state index in [1.165, 1.54) is 12.8 Å². The maximum Gasteiger partial charge on any atom is 0.338 e. The monoisotopic (exact) mass is 359 g/mol. The normalized spacial score (nSPS) is 24.2. The third-order valence-electron chi connectivity index (χ3n) is 5.22. The number of amides is 1. The molecule has 2 fully saturated rings. The van der Waals surface area contributed by atoms with E-state index < -0.39 is 0 Å². The molecule has 2 aliphatic heterocycles. The molecule has 0 saturated carbocycles. The van der Waals surface area contributed by atoms with Gasteiger partial charge in [-0.15, -0.1) is 0 Å². The number of fused-ring (bicyclic) bond motifs is 2. The Bertz CT molecular complexity index is 650. The minimum Gasteiger partial charge on any atom is -0.462 e. The number of hydrogen-bond acceptors (Lipinski definition) is 5. The summed E-state index contributed by atoms with van der Waals surface area (Å²) >= 11 is 0. The molecule has 1 aromatic rings. The molecule has 3 rings (SSSR count). The average molecular weight is 359 g/mol. The highest BCUT2D eigenvalue weighted by molar-refractivity contribution is 5.98. The first-order valence-electron chi connectivity index (χ1n) is 9.70. The Kier molecular flexibility index (Phi) is 6.14. The van der Waals surface area contributed by atoms with Crippen LogP contribution in [0, 0.1) is 5.92 Å². The van der Waals surface area contributed by atoms with Crippen molar-refractivity contribution in [3.05, 3.63) is 23.8 Å². The van der Waals surface area contributed by atoms with Crippen molar-refractivity contribution < 1.29 is 14.3 Å². The Balaban J connectivity index is 1.67. The quantitative estimate of drug-likeness (QED) is 0.652. The minimum absolute atomic E-state index is 0.0106.